The Labute approximate surface area is 198 Å². The summed E-state index contributed by atoms with van der Waals surface area (Å²) in [6.45, 7) is 2.64. The van der Waals surface area contributed by atoms with Crippen molar-refractivity contribution in [3.8, 4) is 28.3 Å². The van der Waals surface area contributed by atoms with E-state index in [1.165, 1.54) is 37.4 Å². The third-order valence-corrected chi connectivity index (χ3v) is 6.79. The summed E-state index contributed by atoms with van der Waals surface area (Å²) >= 11 is 0. The van der Waals surface area contributed by atoms with Crippen LogP contribution in [0.15, 0.2) is 61.1 Å². The molecule has 1 aliphatic heterocycles. The summed E-state index contributed by atoms with van der Waals surface area (Å²) in [6, 6.07) is 15.0. The normalized spacial score (nSPS) is 17.2. The fourth-order valence-corrected chi connectivity index (χ4v) is 4.81. The number of carbonyl (C=O) groups is 1. The molecule has 0 spiro atoms. The van der Waals surface area contributed by atoms with Crippen molar-refractivity contribution in [2.24, 2.45) is 0 Å². The van der Waals surface area contributed by atoms with Gasteiger partial charge >= 0.3 is 5.97 Å². The molecule has 0 amide bonds. The maximum absolute atomic E-state index is 11.1. The van der Waals surface area contributed by atoms with Crippen LogP contribution in [0, 0.1) is 0 Å². The van der Waals surface area contributed by atoms with Gasteiger partial charge in [-0.05, 0) is 60.2 Å². The van der Waals surface area contributed by atoms with E-state index in [-0.39, 0.29) is 11.0 Å². The monoisotopic (exact) mass is 460 g/mol. The number of aromatic nitrogens is 2. The minimum atomic E-state index is -0.940. The van der Waals surface area contributed by atoms with Gasteiger partial charge in [-0.25, -0.2) is 4.79 Å². The number of aromatic amines is 1. The molecule has 34 heavy (non-hydrogen) atoms. The van der Waals surface area contributed by atoms with E-state index in [9.17, 15) is 4.79 Å². The zero-order valence-corrected chi connectivity index (χ0v) is 19.1. The van der Waals surface area contributed by atoms with E-state index < -0.39 is 12.3 Å². The van der Waals surface area contributed by atoms with E-state index >= 15 is 0 Å². The number of nitrogens with one attached hydrogen (secondary N) is 1. The minimum Gasteiger partial charge on any atom is -0.485 e. The third kappa shape index (κ3) is 4.51. The van der Waals surface area contributed by atoms with E-state index in [0.29, 0.717) is 6.61 Å². The van der Waals surface area contributed by atoms with Gasteiger partial charge in [-0.3, -0.25) is 5.10 Å². The van der Waals surface area contributed by atoms with Crippen LogP contribution in [0.5, 0.6) is 5.75 Å². The van der Waals surface area contributed by atoms with Crippen molar-refractivity contribution in [1.82, 2.24) is 10.2 Å². The van der Waals surface area contributed by atoms with Crippen molar-refractivity contribution in [2.45, 2.75) is 50.7 Å². The number of benzene rings is 2. The quantitative estimate of drug-likeness (QED) is 0.457. The van der Waals surface area contributed by atoms with Gasteiger partial charge in [0.1, 0.15) is 18.3 Å². The highest BCUT2D eigenvalue weighted by atomic mass is 16.7. The van der Waals surface area contributed by atoms with Gasteiger partial charge in [0.05, 0.1) is 17.0 Å². The molecule has 2 aliphatic rings. The number of hydrogen-bond donors (Lipinski definition) is 2. The average molecular weight is 461 g/mol. The van der Waals surface area contributed by atoms with Crippen molar-refractivity contribution in [3.05, 3.63) is 72.2 Å². The first-order chi connectivity index (χ1) is 16.5. The number of aromatic carboxylic acids is 1. The van der Waals surface area contributed by atoms with Gasteiger partial charge in [-0.15, -0.1) is 0 Å². The molecule has 1 saturated carbocycles. The predicted molar refractivity (Wildman–Crippen MR) is 127 cm³/mol. The van der Waals surface area contributed by atoms with Crippen LogP contribution < -0.4 is 4.74 Å². The van der Waals surface area contributed by atoms with Crippen LogP contribution in [0.3, 0.4) is 0 Å². The Bertz CT molecular complexity index is 1180. The molecule has 0 atom stereocenters. The van der Waals surface area contributed by atoms with Gasteiger partial charge < -0.3 is 19.3 Å². The summed E-state index contributed by atoms with van der Waals surface area (Å²) in [5.41, 5.74) is 5.03. The molecular formula is C27H28N2O5. The Morgan fingerprint density at radius 1 is 1.06 bits per heavy atom. The van der Waals surface area contributed by atoms with Gasteiger partial charge in [-0.2, -0.15) is 5.10 Å². The Morgan fingerprint density at radius 2 is 1.76 bits per heavy atom. The number of H-pyrrole nitrogens is 1. The highest BCUT2D eigenvalue weighted by Gasteiger charge is 2.32. The van der Waals surface area contributed by atoms with Gasteiger partial charge in [0, 0.05) is 11.1 Å². The first-order valence-electron chi connectivity index (χ1n) is 11.6. The van der Waals surface area contributed by atoms with Crippen LogP contribution in [-0.2, 0) is 14.9 Å². The average Bonchev–Trinajstić information content (AvgIpc) is 3.56. The maximum Gasteiger partial charge on any atom is 0.335 e. The lowest BCUT2D eigenvalue weighted by molar-refractivity contribution is -0.0524. The van der Waals surface area contributed by atoms with Crippen LogP contribution in [0.25, 0.3) is 22.5 Å². The number of hydrogen-bond acceptors (Lipinski definition) is 5. The summed E-state index contributed by atoms with van der Waals surface area (Å²) in [4.78, 5) is 11.1. The fourth-order valence-electron chi connectivity index (χ4n) is 4.81. The Kier molecular flexibility index (Phi) is 6.01. The number of carboxylic acid groups (broad SMARTS) is 1. The van der Waals surface area contributed by atoms with Gasteiger partial charge in [0.25, 0.3) is 6.29 Å². The molecule has 1 aromatic heterocycles. The Hall–Kier alpha value is -3.74. The molecule has 0 radical (unpaired) electrons. The summed E-state index contributed by atoms with van der Waals surface area (Å²) in [6.07, 6.45) is 8.56. The Morgan fingerprint density at radius 3 is 2.47 bits per heavy atom. The van der Waals surface area contributed by atoms with Crippen LogP contribution in [0.4, 0.5) is 0 Å². The molecule has 2 heterocycles. The maximum atomic E-state index is 11.1. The van der Waals surface area contributed by atoms with Gasteiger partial charge in [0.15, 0.2) is 6.61 Å². The van der Waals surface area contributed by atoms with Crippen molar-refractivity contribution in [3.63, 3.8) is 0 Å². The second kappa shape index (κ2) is 9.25. The van der Waals surface area contributed by atoms with Crippen LogP contribution in [0.1, 0.15) is 54.9 Å². The second-order valence-electron chi connectivity index (χ2n) is 9.17. The highest BCUT2D eigenvalue weighted by molar-refractivity contribution is 5.88. The molecule has 1 fully saturated rings. The topological polar surface area (TPSA) is 93.7 Å². The van der Waals surface area contributed by atoms with Crippen molar-refractivity contribution < 1.29 is 24.1 Å². The molecule has 5 rings (SSSR count). The first-order valence-corrected chi connectivity index (χ1v) is 11.6. The molecule has 176 valence electrons. The third-order valence-electron chi connectivity index (χ3n) is 6.79. The smallest absolute Gasteiger partial charge is 0.335 e. The van der Waals surface area contributed by atoms with E-state index in [2.05, 4.69) is 23.2 Å². The minimum absolute atomic E-state index is 0.0328. The Balaban J connectivity index is 1.43. The molecule has 0 bridgehead atoms. The predicted octanol–water partition coefficient (Wildman–Crippen LogP) is 5.89. The summed E-state index contributed by atoms with van der Waals surface area (Å²) in [7, 11) is 0. The zero-order valence-electron chi connectivity index (χ0n) is 19.1. The molecule has 7 nitrogen and oxygen atoms in total. The second-order valence-corrected chi connectivity index (χ2v) is 9.17. The lowest BCUT2D eigenvalue weighted by atomic mass is 9.70. The molecule has 2 N–H and O–H groups in total. The van der Waals surface area contributed by atoms with Gasteiger partial charge in [-0.1, -0.05) is 38.3 Å². The molecule has 0 saturated heterocycles. The van der Waals surface area contributed by atoms with Crippen LogP contribution in [0.2, 0.25) is 0 Å². The van der Waals surface area contributed by atoms with E-state index in [1.807, 2.05) is 18.2 Å². The molecule has 7 heteroatoms. The lowest BCUT2D eigenvalue weighted by Gasteiger charge is -2.35. The number of nitrogens with zero attached hydrogens (tertiary/aromatic N) is 1. The molecular weight excluding hydrogens is 432 g/mol. The van der Waals surface area contributed by atoms with E-state index in [1.54, 1.807) is 24.3 Å². The van der Waals surface area contributed by atoms with Crippen molar-refractivity contribution in [2.75, 3.05) is 6.61 Å². The van der Waals surface area contributed by atoms with E-state index in [4.69, 9.17) is 19.3 Å². The highest BCUT2D eigenvalue weighted by Crippen LogP contribution is 2.44. The summed E-state index contributed by atoms with van der Waals surface area (Å²) in [5.74, 6) is -0.0857. The van der Waals surface area contributed by atoms with Crippen molar-refractivity contribution in [1.29, 1.82) is 0 Å². The SMILES string of the molecule is CC1(c2cc(-c3cc(-c4ccc(C(=O)O)cc4)[nH]n3)ccc2OCC2OC=CO2)CCCCC1. The standard InChI is InChI=1S/C27H28N2O5/c1-27(11-3-2-4-12-27)21-15-20(9-10-24(21)34-17-25-32-13-14-33-25)23-16-22(28-29-23)18-5-7-19(8-6-18)26(30)31/h5-10,13-16,25H,2-4,11-12,17H2,1H3,(H,28,29)(H,30,31). The molecule has 2 aromatic carbocycles. The molecule has 0 unspecified atom stereocenters. The largest absolute Gasteiger partial charge is 0.485 e. The summed E-state index contributed by atoms with van der Waals surface area (Å²) < 4.78 is 16.9. The lowest BCUT2D eigenvalue weighted by Crippen LogP contribution is -2.27. The first kappa shape index (κ1) is 22.1. The van der Waals surface area contributed by atoms with E-state index in [0.717, 1.165) is 41.1 Å². The number of ether oxygens (including phenoxy) is 3. The molecule has 1 aliphatic carbocycles. The van der Waals surface area contributed by atoms with Crippen LogP contribution >= 0.6 is 0 Å². The molecule has 3 aromatic rings. The van der Waals surface area contributed by atoms with Crippen LogP contribution in [-0.4, -0.2) is 34.2 Å². The number of rotatable bonds is 7. The van der Waals surface area contributed by atoms with Crippen molar-refractivity contribution >= 4 is 5.97 Å². The van der Waals surface area contributed by atoms with Gasteiger partial charge in [0.2, 0.25) is 0 Å². The fraction of sp³-hybridized carbons (Fsp3) is 0.333. The zero-order chi connectivity index (χ0) is 23.5. The summed E-state index contributed by atoms with van der Waals surface area (Å²) in [5, 5.41) is 16.8. The number of carboxylic acids is 1.